The van der Waals surface area contributed by atoms with Gasteiger partial charge in [0.05, 0.1) is 24.3 Å². The number of benzene rings is 1. The molecule has 1 aromatic rings. The van der Waals surface area contributed by atoms with Gasteiger partial charge in [0.25, 0.3) is 0 Å². The molecule has 3 heteroatoms. The van der Waals surface area contributed by atoms with E-state index in [0.29, 0.717) is 10.8 Å². The standard InChI is InChI=1S/C11H13ClO2/c1-11(5-6-14-11)8-3-4-10(13-2)9(12)7-8/h3-4,7H,5-6H2,1-2H3. The predicted octanol–water partition coefficient (Wildman–Crippen LogP) is 2.98. The van der Waals surface area contributed by atoms with Gasteiger partial charge in [-0.2, -0.15) is 0 Å². The van der Waals surface area contributed by atoms with Crippen LogP contribution in [0, 0.1) is 0 Å². The van der Waals surface area contributed by atoms with E-state index in [2.05, 4.69) is 6.92 Å². The van der Waals surface area contributed by atoms with E-state index in [9.17, 15) is 0 Å². The molecule has 0 radical (unpaired) electrons. The molecule has 0 saturated carbocycles. The molecule has 1 aliphatic heterocycles. The molecule has 2 nitrogen and oxygen atoms in total. The van der Waals surface area contributed by atoms with Crippen LogP contribution in [0.3, 0.4) is 0 Å². The van der Waals surface area contributed by atoms with Crippen molar-refractivity contribution in [1.82, 2.24) is 0 Å². The minimum Gasteiger partial charge on any atom is -0.495 e. The Kier molecular flexibility index (Phi) is 2.41. The number of hydrogen-bond donors (Lipinski definition) is 0. The Morgan fingerprint density at radius 3 is 2.64 bits per heavy atom. The van der Waals surface area contributed by atoms with E-state index in [4.69, 9.17) is 21.1 Å². The summed E-state index contributed by atoms with van der Waals surface area (Å²) in [6.07, 6.45) is 1.05. The summed E-state index contributed by atoms with van der Waals surface area (Å²) in [5, 5.41) is 0.640. The molecule has 14 heavy (non-hydrogen) atoms. The van der Waals surface area contributed by atoms with Crippen LogP contribution < -0.4 is 4.74 Å². The molecule has 0 aromatic heterocycles. The largest absolute Gasteiger partial charge is 0.495 e. The Balaban J connectivity index is 2.32. The van der Waals surface area contributed by atoms with E-state index in [0.717, 1.165) is 18.6 Å². The van der Waals surface area contributed by atoms with Gasteiger partial charge in [0.2, 0.25) is 0 Å². The van der Waals surface area contributed by atoms with Crippen LogP contribution in [0.1, 0.15) is 18.9 Å². The molecule has 1 unspecified atom stereocenters. The zero-order valence-electron chi connectivity index (χ0n) is 8.34. The second kappa shape index (κ2) is 3.44. The van der Waals surface area contributed by atoms with Crippen molar-refractivity contribution in [2.75, 3.05) is 13.7 Å². The number of halogens is 1. The van der Waals surface area contributed by atoms with Crippen molar-refractivity contribution in [3.8, 4) is 5.75 Å². The number of ether oxygens (including phenoxy) is 2. The fourth-order valence-electron chi connectivity index (χ4n) is 1.63. The van der Waals surface area contributed by atoms with Crippen molar-refractivity contribution in [2.24, 2.45) is 0 Å². The number of hydrogen-bond acceptors (Lipinski definition) is 2. The third kappa shape index (κ3) is 1.49. The zero-order chi connectivity index (χ0) is 10.2. The summed E-state index contributed by atoms with van der Waals surface area (Å²) in [4.78, 5) is 0. The van der Waals surface area contributed by atoms with Crippen LogP contribution in [0.25, 0.3) is 0 Å². The SMILES string of the molecule is COc1ccc(C2(C)CCO2)cc1Cl. The van der Waals surface area contributed by atoms with Gasteiger partial charge in [0, 0.05) is 6.42 Å². The van der Waals surface area contributed by atoms with Gasteiger partial charge in [-0.1, -0.05) is 17.7 Å². The summed E-state index contributed by atoms with van der Waals surface area (Å²) in [6, 6.07) is 5.80. The lowest BCUT2D eigenvalue weighted by Crippen LogP contribution is -2.37. The summed E-state index contributed by atoms with van der Waals surface area (Å²) in [5.74, 6) is 0.707. The molecule has 1 aromatic carbocycles. The first kappa shape index (κ1) is 9.81. The first-order valence-corrected chi connectivity index (χ1v) is 5.01. The minimum absolute atomic E-state index is 0.143. The highest BCUT2D eigenvalue weighted by atomic mass is 35.5. The first-order valence-electron chi connectivity index (χ1n) is 4.64. The molecule has 0 aliphatic carbocycles. The van der Waals surface area contributed by atoms with Crippen molar-refractivity contribution < 1.29 is 9.47 Å². The number of methoxy groups -OCH3 is 1. The van der Waals surface area contributed by atoms with Gasteiger partial charge in [-0.15, -0.1) is 0 Å². The highest BCUT2D eigenvalue weighted by Crippen LogP contribution is 2.39. The van der Waals surface area contributed by atoms with E-state index in [1.54, 1.807) is 7.11 Å². The maximum absolute atomic E-state index is 6.04. The van der Waals surface area contributed by atoms with Crippen LogP contribution in [0.2, 0.25) is 5.02 Å². The molecular weight excluding hydrogens is 200 g/mol. The summed E-state index contributed by atoms with van der Waals surface area (Å²) in [5.41, 5.74) is 0.977. The van der Waals surface area contributed by atoms with Gasteiger partial charge in [-0.25, -0.2) is 0 Å². The lowest BCUT2D eigenvalue weighted by Gasteiger charge is -2.39. The van der Waals surface area contributed by atoms with Gasteiger partial charge in [-0.05, 0) is 24.6 Å². The van der Waals surface area contributed by atoms with Crippen LogP contribution >= 0.6 is 11.6 Å². The monoisotopic (exact) mass is 212 g/mol. The van der Waals surface area contributed by atoms with E-state index >= 15 is 0 Å². The molecule has 76 valence electrons. The Hall–Kier alpha value is -0.730. The Labute approximate surface area is 88.8 Å². The molecule has 1 heterocycles. The molecular formula is C11H13ClO2. The molecule has 2 rings (SSSR count). The van der Waals surface area contributed by atoms with Crippen LogP contribution in [0.5, 0.6) is 5.75 Å². The molecule has 1 fully saturated rings. The van der Waals surface area contributed by atoms with Crippen molar-refractivity contribution >= 4 is 11.6 Å². The average Bonchev–Trinajstić information content (AvgIpc) is 2.14. The van der Waals surface area contributed by atoms with E-state index in [1.165, 1.54) is 0 Å². The molecule has 0 N–H and O–H groups in total. The van der Waals surface area contributed by atoms with Crippen molar-refractivity contribution in [2.45, 2.75) is 18.9 Å². The maximum Gasteiger partial charge on any atom is 0.137 e. The van der Waals surface area contributed by atoms with Crippen LogP contribution in [0.4, 0.5) is 0 Å². The molecule has 1 aliphatic rings. The summed E-state index contributed by atoms with van der Waals surface area (Å²) in [6.45, 7) is 2.91. The number of rotatable bonds is 2. The highest BCUT2D eigenvalue weighted by molar-refractivity contribution is 6.32. The molecule has 1 atom stereocenters. The van der Waals surface area contributed by atoms with Crippen molar-refractivity contribution in [3.05, 3.63) is 28.8 Å². The van der Waals surface area contributed by atoms with Crippen LogP contribution in [-0.2, 0) is 10.3 Å². The van der Waals surface area contributed by atoms with Gasteiger partial charge in [0.15, 0.2) is 0 Å². The Bertz CT molecular complexity index is 345. The van der Waals surface area contributed by atoms with Gasteiger partial charge >= 0.3 is 0 Å². The average molecular weight is 213 g/mol. The Morgan fingerprint density at radius 1 is 1.50 bits per heavy atom. The summed E-state index contributed by atoms with van der Waals surface area (Å²) < 4.78 is 10.6. The minimum atomic E-state index is -0.143. The van der Waals surface area contributed by atoms with Crippen LogP contribution in [0.15, 0.2) is 18.2 Å². The van der Waals surface area contributed by atoms with Crippen LogP contribution in [-0.4, -0.2) is 13.7 Å². The predicted molar refractivity (Wildman–Crippen MR) is 55.9 cm³/mol. The second-order valence-corrected chi connectivity index (χ2v) is 4.09. The fraction of sp³-hybridized carbons (Fsp3) is 0.455. The smallest absolute Gasteiger partial charge is 0.137 e. The quantitative estimate of drug-likeness (QED) is 0.751. The highest BCUT2D eigenvalue weighted by Gasteiger charge is 2.35. The van der Waals surface area contributed by atoms with Gasteiger partial charge < -0.3 is 9.47 Å². The molecule has 0 bridgehead atoms. The topological polar surface area (TPSA) is 18.5 Å². The molecule has 0 spiro atoms. The zero-order valence-corrected chi connectivity index (χ0v) is 9.10. The third-order valence-electron chi connectivity index (χ3n) is 2.76. The van der Waals surface area contributed by atoms with Gasteiger partial charge in [0.1, 0.15) is 5.75 Å². The van der Waals surface area contributed by atoms with E-state index in [-0.39, 0.29) is 5.60 Å². The Morgan fingerprint density at radius 2 is 2.21 bits per heavy atom. The van der Waals surface area contributed by atoms with Crippen molar-refractivity contribution in [3.63, 3.8) is 0 Å². The fourth-order valence-corrected chi connectivity index (χ4v) is 1.89. The summed E-state index contributed by atoms with van der Waals surface area (Å²) >= 11 is 6.04. The van der Waals surface area contributed by atoms with E-state index < -0.39 is 0 Å². The second-order valence-electron chi connectivity index (χ2n) is 3.68. The lowest BCUT2D eigenvalue weighted by molar-refractivity contribution is -0.140. The maximum atomic E-state index is 6.04. The van der Waals surface area contributed by atoms with Crippen molar-refractivity contribution in [1.29, 1.82) is 0 Å². The normalized spacial score (nSPS) is 25.6. The first-order chi connectivity index (χ1) is 6.65. The van der Waals surface area contributed by atoms with Gasteiger partial charge in [-0.3, -0.25) is 0 Å². The molecule has 0 amide bonds. The third-order valence-corrected chi connectivity index (χ3v) is 3.06. The summed E-state index contributed by atoms with van der Waals surface area (Å²) in [7, 11) is 1.61. The van der Waals surface area contributed by atoms with E-state index in [1.807, 2.05) is 18.2 Å². The lowest BCUT2D eigenvalue weighted by atomic mass is 9.88. The molecule has 1 saturated heterocycles.